The maximum atomic E-state index is 3.84. The van der Waals surface area contributed by atoms with Crippen LogP contribution in [0.15, 0.2) is 42.8 Å². The van der Waals surface area contributed by atoms with E-state index in [-0.39, 0.29) is 0 Å². The van der Waals surface area contributed by atoms with Gasteiger partial charge in [-0.05, 0) is 46.5 Å². The van der Waals surface area contributed by atoms with E-state index in [4.69, 9.17) is 0 Å². The van der Waals surface area contributed by atoms with E-state index in [1.165, 1.54) is 21.2 Å². The summed E-state index contributed by atoms with van der Waals surface area (Å²) in [6.07, 6.45) is 4.76. The van der Waals surface area contributed by atoms with E-state index >= 15 is 0 Å². The van der Waals surface area contributed by atoms with Crippen LogP contribution in [0.25, 0.3) is 16.2 Å². The third-order valence-corrected chi connectivity index (χ3v) is 3.18. The number of hydrogen-bond acceptors (Lipinski definition) is 1. The van der Waals surface area contributed by atoms with E-state index in [9.17, 15) is 0 Å². The summed E-state index contributed by atoms with van der Waals surface area (Å²) in [6, 6.07) is 6.58. The second-order valence-corrected chi connectivity index (χ2v) is 4.15. The summed E-state index contributed by atoms with van der Waals surface area (Å²) in [4.78, 5) is 0. The predicted octanol–water partition coefficient (Wildman–Crippen LogP) is 4.27. The molecule has 0 nitrogen and oxygen atoms in total. The molecule has 0 N–H and O–H groups in total. The second kappa shape index (κ2) is 3.81. The maximum absolute atomic E-state index is 3.84. The van der Waals surface area contributed by atoms with Crippen LogP contribution in [-0.2, 0) is 6.42 Å². The van der Waals surface area contributed by atoms with Gasteiger partial charge in [-0.15, -0.1) is 17.9 Å². The number of fused-ring (bicyclic) bond motifs is 1. The smallest absolute Gasteiger partial charge is 0.0348 e. The van der Waals surface area contributed by atoms with Gasteiger partial charge in [-0.1, -0.05) is 18.7 Å². The zero-order valence-corrected chi connectivity index (χ0v) is 8.81. The van der Waals surface area contributed by atoms with Gasteiger partial charge in [0.1, 0.15) is 0 Å². The van der Waals surface area contributed by atoms with Crippen molar-refractivity contribution in [2.75, 3.05) is 0 Å². The third kappa shape index (κ3) is 1.51. The van der Waals surface area contributed by atoms with E-state index in [2.05, 4.69) is 36.7 Å². The SMILES string of the molecule is C=CCc1cc2ccsc2cc1C=C. The monoisotopic (exact) mass is 200 g/mol. The van der Waals surface area contributed by atoms with Crippen molar-refractivity contribution in [3.63, 3.8) is 0 Å². The maximum Gasteiger partial charge on any atom is 0.0348 e. The second-order valence-electron chi connectivity index (χ2n) is 3.21. The first-order chi connectivity index (χ1) is 6.85. The molecule has 70 valence electrons. The highest BCUT2D eigenvalue weighted by atomic mass is 32.1. The summed E-state index contributed by atoms with van der Waals surface area (Å²) in [6.45, 7) is 7.60. The molecule has 1 aromatic heterocycles. The minimum atomic E-state index is 0.910. The Morgan fingerprint density at radius 2 is 2.14 bits per heavy atom. The molecule has 14 heavy (non-hydrogen) atoms. The molecule has 0 unspecified atom stereocenters. The highest BCUT2D eigenvalue weighted by molar-refractivity contribution is 7.17. The van der Waals surface area contributed by atoms with E-state index in [0.29, 0.717) is 0 Å². The number of rotatable bonds is 3. The Bertz CT molecular complexity index is 477. The zero-order valence-electron chi connectivity index (χ0n) is 7.99. The molecule has 1 heteroatoms. The van der Waals surface area contributed by atoms with Crippen LogP contribution < -0.4 is 0 Å². The molecule has 0 saturated heterocycles. The first-order valence-corrected chi connectivity index (χ1v) is 5.46. The predicted molar refractivity (Wildman–Crippen MR) is 65.8 cm³/mol. The van der Waals surface area contributed by atoms with Crippen LogP contribution in [0, 0.1) is 0 Å². The van der Waals surface area contributed by atoms with Gasteiger partial charge in [0.05, 0.1) is 0 Å². The number of hydrogen-bond donors (Lipinski definition) is 0. The molecule has 0 radical (unpaired) electrons. The van der Waals surface area contributed by atoms with Gasteiger partial charge >= 0.3 is 0 Å². The largest absolute Gasteiger partial charge is 0.144 e. The normalized spacial score (nSPS) is 10.3. The summed E-state index contributed by atoms with van der Waals surface area (Å²) in [7, 11) is 0. The van der Waals surface area contributed by atoms with Gasteiger partial charge in [0.25, 0.3) is 0 Å². The molecule has 1 heterocycles. The molecule has 2 rings (SSSR count). The van der Waals surface area contributed by atoms with Crippen LogP contribution in [0.1, 0.15) is 11.1 Å². The number of thiophene rings is 1. The van der Waals surface area contributed by atoms with Gasteiger partial charge in [-0.25, -0.2) is 0 Å². The fourth-order valence-corrected chi connectivity index (χ4v) is 2.41. The van der Waals surface area contributed by atoms with Crippen LogP contribution in [0.5, 0.6) is 0 Å². The van der Waals surface area contributed by atoms with Crippen molar-refractivity contribution >= 4 is 27.5 Å². The Balaban J connectivity index is 2.65. The lowest BCUT2D eigenvalue weighted by Gasteiger charge is -2.03. The molecule has 0 aliphatic carbocycles. The molecule has 0 fully saturated rings. The number of benzene rings is 1. The molecule has 1 aromatic carbocycles. The minimum absolute atomic E-state index is 0.910. The standard InChI is InChI=1S/C13H12S/c1-3-5-11-8-12-6-7-14-13(12)9-10(11)4-2/h3-4,6-9H,1-2,5H2. The van der Waals surface area contributed by atoms with Crippen molar-refractivity contribution in [3.8, 4) is 0 Å². The van der Waals surface area contributed by atoms with Crippen LogP contribution in [0.4, 0.5) is 0 Å². The van der Waals surface area contributed by atoms with Gasteiger partial charge < -0.3 is 0 Å². The van der Waals surface area contributed by atoms with Crippen molar-refractivity contribution < 1.29 is 0 Å². The lowest BCUT2D eigenvalue weighted by atomic mass is 10.0. The van der Waals surface area contributed by atoms with Crippen LogP contribution in [-0.4, -0.2) is 0 Å². The van der Waals surface area contributed by atoms with Crippen molar-refractivity contribution in [3.05, 3.63) is 53.9 Å². The Kier molecular flexibility index (Phi) is 2.51. The molecule has 0 amide bonds. The van der Waals surface area contributed by atoms with Gasteiger partial charge in [0, 0.05) is 4.70 Å². The Morgan fingerprint density at radius 1 is 1.29 bits per heavy atom. The number of allylic oxidation sites excluding steroid dienone is 1. The minimum Gasteiger partial charge on any atom is -0.144 e. The molecule has 0 aliphatic heterocycles. The fourth-order valence-electron chi connectivity index (χ4n) is 1.59. The quantitative estimate of drug-likeness (QED) is 0.649. The summed E-state index contributed by atoms with van der Waals surface area (Å²) in [5.41, 5.74) is 2.53. The average molecular weight is 200 g/mol. The average Bonchev–Trinajstić information content (AvgIpc) is 2.64. The molecule has 0 bridgehead atoms. The van der Waals surface area contributed by atoms with Crippen molar-refractivity contribution in [2.24, 2.45) is 0 Å². The topological polar surface area (TPSA) is 0 Å². The summed E-state index contributed by atoms with van der Waals surface area (Å²) in [5.74, 6) is 0. The van der Waals surface area contributed by atoms with Crippen molar-refractivity contribution in [1.29, 1.82) is 0 Å². The molecule has 0 aliphatic rings. The molecule has 0 spiro atoms. The first-order valence-electron chi connectivity index (χ1n) is 4.58. The highest BCUT2D eigenvalue weighted by Crippen LogP contribution is 2.25. The van der Waals surface area contributed by atoms with Crippen molar-refractivity contribution in [2.45, 2.75) is 6.42 Å². The fraction of sp³-hybridized carbons (Fsp3) is 0.0769. The third-order valence-electron chi connectivity index (χ3n) is 2.30. The summed E-state index contributed by atoms with van der Waals surface area (Å²) < 4.78 is 1.33. The molecular weight excluding hydrogens is 188 g/mol. The molecule has 2 aromatic rings. The van der Waals surface area contributed by atoms with Gasteiger partial charge in [-0.2, -0.15) is 0 Å². The molecular formula is C13H12S. The summed E-state index contributed by atoms with van der Waals surface area (Å²) in [5, 5.41) is 3.44. The molecule has 0 atom stereocenters. The highest BCUT2D eigenvalue weighted by Gasteiger charge is 2.01. The van der Waals surface area contributed by atoms with E-state index in [1.807, 2.05) is 12.2 Å². The van der Waals surface area contributed by atoms with Gasteiger partial charge in [0.2, 0.25) is 0 Å². The lowest BCUT2D eigenvalue weighted by molar-refractivity contribution is 1.28. The van der Waals surface area contributed by atoms with E-state index in [0.717, 1.165) is 6.42 Å². The Labute approximate surface area is 88.2 Å². The Hall–Kier alpha value is -1.34. The van der Waals surface area contributed by atoms with Crippen molar-refractivity contribution in [1.82, 2.24) is 0 Å². The van der Waals surface area contributed by atoms with Crippen LogP contribution >= 0.6 is 11.3 Å². The van der Waals surface area contributed by atoms with E-state index < -0.39 is 0 Å². The van der Waals surface area contributed by atoms with E-state index in [1.54, 1.807) is 11.3 Å². The first kappa shape index (κ1) is 9.22. The summed E-state index contributed by atoms with van der Waals surface area (Å²) >= 11 is 1.77. The Morgan fingerprint density at radius 3 is 2.86 bits per heavy atom. The van der Waals surface area contributed by atoms with Crippen LogP contribution in [0.2, 0.25) is 0 Å². The lowest BCUT2D eigenvalue weighted by Crippen LogP contribution is -1.85. The van der Waals surface area contributed by atoms with Crippen LogP contribution in [0.3, 0.4) is 0 Å². The van der Waals surface area contributed by atoms with Gasteiger partial charge in [0.15, 0.2) is 0 Å². The zero-order chi connectivity index (χ0) is 9.97. The van der Waals surface area contributed by atoms with Gasteiger partial charge in [-0.3, -0.25) is 0 Å². The molecule has 0 saturated carbocycles.